The quantitative estimate of drug-likeness (QED) is 0.475. The predicted molar refractivity (Wildman–Crippen MR) is 99.2 cm³/mol. The van der Waals surface area contributed by atoms with Crippen molar-refractivity contribution in [3.63, 3.8) is 0 Å². The minimum atomic E-state index is -1.23. The minimum absolute atomic E-state index is 0.207. The lowest BCUT2D eigenvalue weighted by atomic mass is 10.1. The molecule has 148 valence electrons. The molecule has 9 heteroatoms. The van der Waals surface area contributed by atoms with Crippen LogP contribution in [0.3, 0.4) is 0 Å². The van der Waals surface area contributed by atoms with E-state index >= 15 is 0 Å². The molecule has 1 fully saturated rings. The highest BCUT2D eigenvalue weighted by Crippen LogP contribution is 2.30. The van der Waals surface area contributed by atoms with E-state index in [1.165, 1.54) is 16.5 Å². The van der Waals surface area contributed by atoms with Crippen LogP contribution < -0.4 is 5.49 Å². The van der Waals surface area contributed by atoms with Gasteiger partial charge in [-0.1, -0.05) is 30.3 Å². The number of imidazole rings is 1. The molecule has 0 saturated carbocycles. The number of rotatable bonds is 5. The van der Waals surface area contributed by atoms with Crippen molar-refractivity contribution in [3.05, 3.63) is 53.5 Å². The highest BCUT2D eigenvalue weighted by atomic mass is 16.6. The summed E-state index contributed by atoms with van der Waals surface area (Å²) < 4.78 is 8.80. The molecule has 2 aromatic heterocycles. The second-order valence-electron chi connectivity index (χ2n) is 6.97. The molecule has 0 aliphatic carbocycles. The fourth-order valence-electron chi connectivity index (χ4n) is 3.54. The Labute approximate surface area is 161 Å². The summed E-state index contributed by atoms with van der Waals surface area (Å²) >= 11 is 0. The topological polar surface area (TPSA) is 129 Å². The maximum absolute atomic E-state index is 10.3. The van der Waals surface area contributed by atoms with Crippen LogP contribution in [-0.2, 0) is 24.6 Å². The summed E-state index contributed by atoms with van der Waals surface area (Å²) in [5.74, 6) is 0.704. The van der Waals surface area contributed by atoms with Gasteiger partial charge < -0.3 is 24.6 Å². The predicted octanol–water partition coefficient (Wildman–Crippen LogP) is -0.354. The fraction of sp³-hybridized carbons (Fsp3) is 0.421. The number of fused-ring (bicyclic) bond motifs is 1. The van der Waals surface area contributed by atoms with Crippen molar-refractivity contribution < 1.29 is 20.1 Å². The maximum atomic E-state index is 10.3. The van der Waals surface area contributed by atoms with Gasteiger partial charge in [0.2, 0.25) is 0 Å². The first-order valence-corrected chi connectivity index (χ1v) is 9.14. The second kappa shape index (κ2) is 7.44. The molecule has 4 atom stereocenters. The van der Waals surface area contributed by atoms with Gasteiger partial charge in [0.15, 0.2) is 17.4 Å². The van der Waals surface area contributed by atoms with Crippen LogP contribution in [-0.4, -0.2) is 59.3 Å². The second-order valence-corrected chi connectivity index (χ2v) is 6.97. The molecule has 28 heavy (non-hydrogen) atoms. The summed E-state index contributed by atoms with van der Waals surface area (Å²) in [6.45, 7) is -0.407. The largest absolute Gasteiger partial charge is 0.394 e. The van der Waals surface area contributed by atoms with Gasteiger partial charge in [0, 0.05) is 13.5 Å². The van der Waals surface area contributed by atoms with Crippen LogP contribution in [0, 0.1) is 5.41 Å². The van der Waals surface area contributed by atoms with Crippen LogP contribution in [0.25, 0.3) is 11.2 Å². The monoisotopic (exact) mass is 385 g/mol. The van der Waals surface area contributed by atoms with Crippen molar-refractivity contribution in [3.8, 4) is 0 Å². The summed E-state index contributed by atoms with van der Waals surface area (Å²) in [7, 11) is 1.78. The van der Waals surface area contributed by atoms with E-state index in [2.05, 4.69) is 9.97 Å². The smallest absolute Gasteiger partial charge is 0.167 e. The van der Waals surface area contributed by atoms with Crippen LogP contribution in [0.15, 0.2) is 36.7 Å². The Balaban J connectivity index is 1.70. The lowest BCUT2D eigenvalue weighted by molar-refractivity contribution is -0.0511. The Morgan fingerprint density at radius 3 is 2.57 bits per heavy atom. The van der Waals surface area contributed by atoms with Gasteiger partial charge in [-0.25, -0.2) is 9.97 Å². The molecule has 3 heterocycles. The number of benzene rings is 1. The lowest BCUT2D eigenvalue weighted by Gasteiger charge is -2.17. The highest BCUT2D eigenvalue weighted by Gasteiger charge is 2.44. The standard InChI is InChI=1S/C19H23N5O4/c1-23-13(8-7-11-5-3-2-4-6-11)22-18-14(17(23)20)21-10-24(18)19-16(27)15(26)12(9-25)28-19/h2-6,10,12,15-16,19-20,25-27H,7-9H2,1H3/t12-,15-,16-,19-/m1/s1. The van der Waals surface area contributed by atoms with E-state index in [0.717, 1.165) is 6.42 Å². The fourth-order valence-corrected chi connectivity index (χ4v) is 3.54. The summed E-state index contributed by atoms with van der Waals surface area (Å²) in [5, 5.41) is 38.1. The molecule has 1 aliphatic rings. The Kier molecular flexibility index (Phi) is 4.98. The Morgan fingerprint density at radius 1 is 1.14 bits per heavy atom. The van der Waals surface area contributed by atoms with Crippen LogP contribution in [0.1, 0.15) is 17.6 Å². The Morgan fingerprint density at radius 2 is 1.89 bits per heavy atom. The number of aryl methyl sites for hydroxylation is 2. The third kappa shape index (κ3) is 3.12. The van der Waals surface area contributed by atoms with Crippen molar-refractivity contribution in [1.82, 2.24) is 19.1 Å². The van der Waals surface area contributed by atoms with Gasteiger partial charge in [-0.15, -0.1) is 0 Å². The van der Waals surface area contributed by atoms with Gasteiger partial charge >= 0.3 is 0 Å². The van der Waals surface area contributed by atoms with Crippen LogP contribution >= 0.6 is 0 Å². The molecule has 0 spiro atoms. The van der Waals surface area contributed by atoms with Crippen LogP contribution in [0.2, 0.25) is 0 Å². The van der Waals surface area contributed by atoms with Crippen molar-refractivity contribution in [2.24, 2.45) is 7.05 Å². The zero-order chi connectivity index (χ0) is 19.8. The van der Waals surface area contributed by atoms with Crippen LogP contribution in [0.4, 0.5) is 0 Å². The van der Waals surface area contributed by atoms with Crippen molar-refractivity contribution in [1.29, 1.82) is 5.41 Å². The normalized spacial score (nSPS) is 24.9. The highest BCUT2D eigenvalue weighted by molar-refractivity contribution is 5.69. The zero-order valence-electron chi connectivity index (χ0n) is 15.4. The molecule has 3 aromatic rings. The molecule has 0 amide bonds. The van der Waals surface area contributed by atoms with Gasteiger partial charge in [0.05, 0.1) is 12.9 Å². The average molecular weight is 385 g/mol. The number of hydrogen-bond acceptors (Lipinski definition) is 7. The summed E-state index contributed by atoms with van der Waals surface area (Å²) in [6, 6.07) is 10.0. The number of ether oxygens (including phenoxy) is 1. The molecule has 1 saturated heterocycles. The van der Waals surface area contributed by atoms with E-state index in [1.807, 2.05) is 30.3 Å². The molecule has 0 bridgehead atoms. The van der Waals surface area contributed by atoms with E-state index in [-0.39, 0.29) is 5.49 Å². The molecular weight excluding hydrogens is 362 g/mol. The molecule has 0 unspecified atom stereocenters. The van der Waals surface area contributed by atoms with Crippen molar-refractivity contribution in [2.45, 2.75) is 37.4 Å². The number of hydrogen-bond donors (Lipinski definition) is 4. The van der Waals surface area contributed by atoms with E-state index in [0.29, 0.717) is 23.4 Å². The molecule has 1 aromatic carbocycles. The average Bonchev–Trinajstić information content (AvgIpc) is 3.25. The number of nitrogens with zero attached hydrogens (tertiary/aromatic N) is 4. The van der Waals surface area contributed by atoms with E-state index in [4.69, 9.17) is 10.1 Å². The van der Waals surface area contributed by atoms with Crippen molar-refractivity contribution in [2.75, 3.05) is 6.61 Å². The SMILES string of the molecule is Cn1c(CCc2ccccc2)nc2c(ncn2[C@@H]2O[C@H](CO)[C@@H](O)[C@H]2O)c1=N. The summed E-state index contributed by atoms with van der Waals surface area (Å²) in [4.78, 5) is 8.92. The first-order chi connectivity index (χ1) is 13.5. The van der Waals surface area contributed by atoms with E-state index < -0.39 is 31.1 Å². The molecule has 9 nitrogen and oxygen atoms in total. The molecular formula is C19H23N5O4. The third-order valence-electron chi connectivity index (χ3n) is 5.22. The summed E-state index contributed by atoms with van der Waals surface area (Å²) in [5.41, 5.74) is 2.16. The lowest BCUT2D eigenvalue weighted by Crippen LogP contribution is -2.33. The number of aliphatic hydroxyl groups excluding tert-OH is 3. The third-order valence-corrected chi connectivity index (χ3v) is 5.22. The molecule has 0 radical (unpaired) electrons. The van der Waals surface area contributed by atoms with Gasteiger partial charge in [-0.05, 0) is 12.0 Å². The molecule has 4 N–H and O–H groups in total. The number of aromatic nitrogens is 4. The molecule has 1 aliphatic heterocycles. The van der Waals surface area contributed by atoms with Gasteiger partial charge in [0.1, 0.15) is 29.7 Å². The first kappa shape index (κ1) is 18.8. The van der Waals surface area contributed by atoms with E-state index in [1.54, 1.807) is 11.6 Å². The van der Waals surface area contributed by atoms with Gasteiger partial charge in [-0.3, -0.25) is 9.98 Å². The number of aliphatic hydroxyl groups is 3. The van der Waals surface area contributed by atoms with Gasteiger partial charge in [-0.2, -0.15) is 0 Å². The van der Waals surface area contributed by atoms with Crippen molar-refractivity contribution >= 4 is 11.2 Å². The Bertz CT molecular complexity index is 1030. The maximum Gasteiger partial charge on any atom is 0.167 e. The van der Waals surface area contributed by atoms with Crippen LogP contribution in [0.5, 0.6) is 0 Å². The van der Waals surface area contributed by atoms with Gasteiger partial charge in [0.25, 0.3) is 0 Å². The number of nitrogens with one attached hydrogen (secondary N) is 1. The van der Waals surface area contributed by atoms with E-state index in [9.17, 15) is 15.3 Å². The minimum Gasteiger partial charge on any atom is -0.394 e. The molecule has 4 rings (SSSR count). The Hall–Kier alpha value is -2.59. The zero-order valence-corrected chi connectivity index (χ0v) is 15.4. The first-order valence-electron chi connectivity index (χ1n) is 9.14. The summed E-state index contributed by atoms with van der Waals surface area (Å²) in [6.07, 6.45) is -1.41.